The highest BCUT2D eigenvalue weighted by molar-refractivity contribution is 9.10. The first-order valence-corrected chi connectivity index (χ1v) is 6.85. The van der Waals surface area contributed by atoms with Gasteiger partial charge in [0.25, 0.3) is 0 Å². The maximum Gasteiger partial charge on any atom is 0.238 e. The second kappa shape index (κ2) is 4.67. The van der Waals surface area contributed by atoms with Gasteiger partial charge in [-0.05, 0) is 28.1 Å². The fourth-order valence-electron chi connectivity index (χ4n) is 1.85. The molecule has 4 nitrogen and oxygen atoms in total. The van der Waals surface area contributed by atoms with Crippen LogP contribution in [-0.2, 0) is 0 Å². The fraction of sp³-hybridized carbons (Fsp3) is 0. The summed E-state index contributed by atoms with van der Waals surface area (Å²) in [5, 5.41) is 15.7. The minimum Gasteiger partial charge on any atom is -0.285 e. The molecule has 96 valence electrons. The highest BCUT2D eigenvalue weighted by Crippen LogP contribution is 2.30. The van der Waals surface area contributed by atoms with Crippen molar-refractivity contribution in [2.45, 2.75) is 0 Å². The van der Waals surface area contributed by atoms with Crippen LogP contribution >= 0.6 is 39.1 Å². The maximum absolute atomic E-state index is 9.50. The molecule has 3 rings (SSSR count). The number of pyridine rings is 1. The van der Waals surface area contributed by atoms with Gasteiger partial charge in [-0.3, -0.25) is 5.21 Å². The van der Waals surface area contributed by atoms with E-state index in [0.29, 0.717) is 25.7 Å². The van der Waals surface area contributed by atoms with Gasteiger partial charge in [0.05, 0.1) is 15.4 Å². The van der Waals surface area contributed by atoms with Gasteiger partial charge in [-0.25, -0.2) is 4.68 Å². The van der Waals surface area contributed by atoms with Crippen LogP contribution in [0.25, 0.3) is 16.6 Å². The van der Waals surface area contributed by atoms with Crippen molar-refractivity contribution < 1.29 is 9.94 Å². The van der Waals surface area contributed by atoms with E-state index >= 15 is 0 Å². The molecule has 0 spiro atoms. The zero-order valence-electron chi connectivity index (χ0n) is 9.39. The summed E-state index contributed by atoms with van der Waals surface area (Å²) in [5.41, 5.74) is 1.32. The van der Waals surface area contributed by atoms with Crippen LogP contribution in [0.1, 0.15) is 0 Å². The number of rotatable bonds is 1. The Morgan fingerprint density at radius 3 is 2.58 bits per heavy atom. The summed E-state index contributed by atoms with van der Waals surface area (Å²) in [4.78, 5) is 0. The summed E-state index contributed by atoms with van der Waals surface area (Å²) in [5.74, 6) is 0. The molecule has 1 N–H and O–H groups in total. The molecule has 0 unspecified atom stereocenters. The third-order valence-electron chi connectivity index (χ3n) is 2.65. The van der Waals surface area contributed by atoms with E-state index in [-0.39, 0.29) is 0 Å². The predicted molar refractivity (Wildman–Crippen MR) is 76.2 cm³/mol. The molecule has 2 heterocycles. The molecule has 0 fully saturated rings. The SMILES string of the molecule is O[n+]1cc(Br)c2nn(-c3c(Cl)cccc3Cl)cc2c1. The zero-order valence-corrected chi connectivity index (χ0v) is 12.5. The first-order valence-electron chi connectivity index (χ1n) is 5.30. The first-order chi connectivity index (χ1) is 9.06. The third-order valence-corrected chi connectivity index (χ3v) is 3.84. The molecule has 1 aromatic carbocycles. The van der Waals surface area contributed by atoms with Gasteiger partial charge in [0.1, 0.15) is 15.7 Å². The Morgan fingerprint density at radius 1 is 1.21 bits per heavy atom. The fourth-order valence-corrected chi connectivity index (χ4v) is 2.94. The van der Waals surface area contributed by atoms with Crippen LogP contribution in [0.15, 0.2) is 41.3 Å². The quantitative estimate of drug-likeness (QED) is 0.532. The van der Waals surface area contributed by atoms with Gasteiger partial charge in [0.15, 0.2) is 0 Å². The standard InChI is InChI=1S/C12H7BrCl2N3O/c13-8-6-17(19)4-7-5-18(16-11(7)8)12-9(14)2-1-3-10(12)15/h1-6,19H/q+1. The highest BCUT2D eigenvalue weighted by Gasteiger charge is 2.15. The van der Waals surface area contributed by atoms with E-state index in [1.807, 2.05) is 0 Å². The number of hydrogen-bond acceptors (Lipinski definition) is 2. The molecular weight excluding hydrogens is 353 g/mol. The molecule has 19 heavy (non-hydrogen) atoms. The Kier molecular flexibility index (Phi) is 3.12. The van der Waals surface area contributed by atoms with Crippen LogP contribution in [0.5, 0.6) is 0 Å². The smallest absolute Gasteiger partial charge is 0.238 e. The van der Waals surface area contributed by atoms with Crippen molar-refractivity contribution >= 4 is 50.0 Å². The summed E-state index contributed by atoms with van der Waals surface area (Å²) in [7, 11) is 0. The molecule has 7 heteroatoms. The number of para-hydroxylation sites is 1. The normalized spacial score (nSPS) is 11.1. The summed E-state index contributed by atoms with van der Waals surface area (Å²) < 4.78 is 3.24. The number of halogens is 3. The summed E-state index contributed by atoms with van der Waals surface area (Å²) in [6, 6.07) is 5.27. The minimum absolute atomic E-state index is 0.508. The van der Waals surface area contributed by atoms with Crippen LogP contribution < -0.4 is 4.73 Å². The molecule has 3 aromatic rings. The Balaban J connectivity index is 2.30. The van der Waals surface area contributed by atoms with E-state index in [9.17, 15) is 5.21 Å². The maximum atomic E-state index is 9.50. The van der Waals surface area contributed by atoms with Crippen molar-refractivity contribution in [2.75, 3.05) is 0 Å². The van der Waals surface area contributed by atoms with Gasteiger partial charge in [-0.15, -0.1) is 0 Å². The number of fused-ring (bicyclic) bond motifs is 1. The number of hydrogen-bond donors (Lipinski definition) is 1. The Morgan fingerprint density at radius 2 is 1.89 bits per heavy atom. The van der Waals surface area contributed by atoms with Crippen molar-refractivity contribution in [3.05, 3.63) is 51.3 Å². The Bertz CT molecular complexity index is 768. The number of nitrogens with zero attached hydrogens (tertiary/aromatic N) is 3. The Hall–Kier alpha value is -1.30. The number of aromatic nitrogens is 3. The molecule has 0 saturated heterocycles. The van der Waals surface area contributed by atoms with Crippen molar-refractivity contribution in [1.82, 2.24) is 9.78 Å². The predicted octanol–water partition coefficient (Wildman–Crippen LogP) is 3.62. The van der Waals surface area contributed by atoms with Gasteiger partial charge < -0.3 is 0 Å². The third kappa shape index (κ3) is 2.18. The van der Waals surface area contributed by atoms with E-state index in [1.165, 1.54) is 6.20 Å². The van der Waals surface area contributed by atoms with Gasteiger partial charge in [-0.1, -0.05) is 29.3 Å². The molecule has 0 bridgehead atoms. The monoisotopic (exact) mass is 358 g/mol. The Labute approximate surface area is 126 Å². The average molecular weight is 360 g/mol. The van der Waals surface area contributed by atoms with E-state index in [0.717, 1.165) is 10.1 Å². The van der Waals surface area contributed by atoms with Crippen LogP contribution in [-0.4, -0.2) is 15.0 Å². The lowest BCUT2D eigenvalue weighted by atomic mass is 10.3. The lowest BCUT2D eigenvalue weighted by Gasteiger charge is -2.05. The molecule has 0 aliphatic rings. The second-order valence-corrected chi connectivity index (χ2v) is 5.60. The first kappa shape index (κ1) is 12.7. The van der Waals surface area contributed by atoms with Crippen molar-refractivity contribution in [2.24, 2.45) is 0 Å². The van der Waals surface area contributed by atoms with Crippen LogP contribution in [0, 0.1) is 0 Å². The minimum atomic E-state index is 0.508. The summed E-state index contributed by atoms with van der Waals surface area (Å²) in [6.45, 7) is 0. The molecular formula is C12H7BrCl2N3O+. The lowest BCUT2D eigenvalue weighted by Crippen LogP contribution is -2.28. The van der Waals surface area contributed by atoms with Gasteiger partial charge >= 0.3 is 0 Å². The van der Waals surface area contributed by atoms with E-state index < -0.39 is 0 Å². The van der Waals surface area contributed by atoms with Crippen molar-refractivity contribution in [3.63, 3.8) is 0 Å². The van der Waals surface area contributed by atoms with Crippen LogP contribution in [0.3, 0.4) is 0 Å². The zero-order chi connectivity index (χ0) is 13.6. The van der Waals surface area contributed by atoms with Crippen LogP contribution in [0.2, 0.25) is 10.0 Å². The topological polar surface area (TPSA) is 41.9 Å². The molecule has 0 atom stereocenters. The highest BCUT2D eigenvalue weighted by atomic mass is 79.9. The van der Waals surface area contributed by atoms with Crippen LogP contribution in [0.4, 0.5) is 0 Å². The molecule has 0 aliphatic heterocycles. The van der Waals surface area contributed by atoms with E-state index in [2.05, 4.69) is 21.0 Å². The molecule has 0 amide bonds. The van der Waals surface area contributed by atoms with Crippen molar-refractivity contribution in [1.29, 1.82) is 0 Å². The van der Waals surface area contributed by atoms with Gasteiger partial charge in [0, 0.05) is 10.9 Å². The second-order valence-electron chi connectivity index (χ2n) is 3.93. The van der Waals surface area contributed by atoms with Gasteiger partial charge in [-0.2, -0.15) is 5.10 Å². The molecule has 2 aromatic heterocycles. The summed E-state index contributed by atoms with van der Waals surface area (Å²) >= 11 is 15.7. The number of benzene rings is 1. The molecule has 0 radical (unpaired) electrons. The van der Waals surface area contributed by atoms with Gasteiger partial charge in [0.2, 0.25) is 12.4 Å². The average Bonchev–Trinajstić information content (AvgIpc) is 2.72. The van der Waals surface area contributed by atoms with E-state index in [4.69, 9.17) is 23.2 Å². The van der Waals surface area contributed by atoms with E-state index in [1.54, 1.807) is 35.3 Å². The van der Waals surface area contributed by atoms with Crippen molar-refractivity contribution in [3.8, 4) is 5.69 Å². The molecule has 0 aliphatic carbocycles. The molecule has 0 saturated carbocycles. The lowest BCUT2D eigenvalue weighted by molar-refractivity contribution is -0.904. The largest absolute Gasteiger partial charge is 0.285 e. The summed E-state index contributed by atoms with van der Waals surface area (Å²) in [6.07, 6.45) is 4.81.